The molecule has 0 saturated heterocycles. The topological polar surface area (TPSA) is 109 Å². The van der Waals surface area contributed by atoms with Crippen molar-refractivity contribution < 1.29 is 14.0 Å². The highest BCUT2D eigenvalue weighted by Gasteiger charge is 2.48. The Bertz CT molecular complexity index is 1120. The van der Waals surface area contributed by atoms with Gasteiger partial charge >= 0.3 is 0 Å². The van der Waals surface area contributed by atoms with E-state index in [1.165, 1.54) is 30.5 Å². The Kier molecular flexibility index (Phi) is 6.77. The first kappa shape index (κ1) is 25.0. The maximum atomic E-state index is 15.0. The molecule has 1 aliphatic rings. The maximum absolute atomic E-state index is 15.0. The van der Waals surface area contributed by atoms with E-state index < -0.39 is 27.5 Å². The minimum absolute atomic E-state index is 0.166. The summed E-state index contributed by atoms with van der Waals surface area (Å²) >= 11 is 6.98. The van der Waals surface area contributed by atoms with E-state index in [4.69, 9.17) is 17.3 Å². The van der Waals surface area contributed by atoms with Crippen molar-refractivity contribution in [2.75, 3.05) is 5.32 Å². The van der Waals surface area contributed by atoms with E-state index in [0.717, 1.165) is 11.8 Å². The van der Waals surface area contributed by atoms with E-state index in [1.807, 2.05) is 20.8 Å². The third kappa shape index (κ3) is 5.83. The molecule has 0 radical (unpaired) electrons. The van der Waals surface area contributed by atoms with Crippen LogP contribution >= 0.6 is 23.4 Å². The summed E-state index contributed by atoms with van der Waals surface area (Å²) in [5.74, 6) is -1.18. The SMILES string of the molecule is CC(C)(C)NC(=O)[C@@]1(C)C[C@@](C)(c2cc(NC(=O)c3ccc(Cl)cn3)ccc2F)N=C(N)S1. The predicted molar refractivity (Wildman–Crippen MR) is 131 cm³/mol. The molecule has 2 amide bonds. The average Bonchev–Trinajstić information content (AvgIpc) is 2.67. The number of nitrogens with one attached hydrogen (secondary N) is 2. The molecule has 7 nitrogen and oxygen atoms in total. The van der Waals surface area contributed by atoms with Crippen molar-refractivity contribution in [2.45, 2.75) is 56.9 Å². The van der Waals surface area contributed by atoms with Crippen LogP contribution in [0.25, 0.3) is 0 Å². The monoisotopic (exact) mass is 491 g/mol. The van der Waals surface area contributed by atoms with E-state index in [0.29, 0.717) is 10.7 Å². The summed E-state index contributed by atoms with van der Waals surface area (Å²) in [4.78, 5) is 34.1. The Morgan fingerprint density at radius 3 is 2.52 bits per heavy atom. The van der Waals surface area contributed by atoms with Gasteiger partial charge in [0.05, 0.1) is 10.6 Å². The summed E-state index contributed by atoms with van der Waals surface area (Å²) in [5, 5.41) is 6.29. The number of carbonyl (C=O) groups is 2. The van der Waals surface area contributed by atoms with Gasteiger partial charge in [-0.1, -0.05) is 23.4 Å². The molecule has 4 N–H and O–H groups in total. The molecule has 33 heavy (non-hydrogen) atoms. The Labute approximate surface area is 201 Å². The molecule has 0 unspecified atom stereocenters. The second kappa shape index (κ2) is 8.95. The lowest BCUT2D eigenvalue weighted by atomic mass is 9.82. The van der Waals surface area contributed by atoms with Crippen molar-refractivity contribution in [3.8, 4) is 0 Å². The number of nitrogens with two attached hydrogens (primary N) is 1. The minimum atomic E-state index is -1.12. The number of halogens is 2. The highest BCUT2D eigenvalue weighted by Crippen LogP contribution is 2.46. The van der Waals surface area contributed by atoms with Crippen molar-refractivity contribution in [1.82, 2.24) is 10.3 Å². The van der Waals surface area contributed by atoms with Gasteiger partial charge in [0.1, 0.15) is 16.3 Å². The molecule has 1 aromatic heterocycles. The molecule has 0 spiro atoms. The summed E-state index contributed by atoms with van der Waals surface area (Å²) < 4.78 is 14.0. The van der Waals surface area contributed by atoms with Gasteiger partial charge in [0.2, 0.25) is 5.91 Å². The standard InChI is InChI=1S/C23H27ClFN5O2S/c1-21(2,3)29-19(32)23(5)12-22(4,30-20(26)33-23)15-10-14(7-8-16(15)25)28-18(31)17-9-6-13(24)11-27-17/h6-11H,12H2,1-5H3,(H2,26,30)(H,28,31)(H,29,32)/t22-,23+/m0/s1. The number of benzene rings is 1. The number of hydrogen-bond donors (Lipinski definition) is 3. The Balaban J connectivity index is 1.92. The smallest absolute Gasteiger partial charge is 0.274 e. The Morgan fingerprint density at radius 1 is 1.21 bits per heavy atom. The zero-order valence-corrected chi connectivity index (χ0v) is 20.7. The summed E-state index contributed by atoms with van der Waals surface area (Å²) in [6.45, 7) is 9.17. The molecule has 0 bridgehead atoms. The molecule has 0 saturated carbocycles. The number of anilines is 1. The van der Waals surface area contributed by atoms with Gasteiger partial charge in [-0.05, 0) is 65.0 Å². The molecule has 2 aromatic rings. The van der Waals surface area contributed by atoms with Crippen LogP contribution in [0.2, 0.25) is 5.02 Å². The molecule has 10 heteroatoms. The van der Waals surface area contributed by atoms with E-state index in [9.17, 15) is 14.0 Å². The maximum Gasteiger partial charge on any atom is 0.274 e. The molecule has 2 heterocycles. The summed E-state index contributed by atoms with van der Waals surface area (Å²) in [6.07, 6.45) is 1.58. The van der Waals surface area contributed by atoms with Gasteiger partial charge in [0.15, 0.2) is 5.17 Å². The number of hydrogen-bond acceptors (Lipinski definition) is 6. The molecule has 0 aliphatic carbocycles. The summed E-state index contributed by atoms with van der Waals surface area (Å²) in [7, 11) is 0. The fraction of sp³-hybridized carbons (Fsp3) is 0.391. The fourth-order valence-electron chi connectivity index (χ4n) is 3.71. The number of aromatic nitrogens is 1. The average molecular weight is 492 g/mol. The number of amides is 2. The molecule has 0 fully saturated rings. The van der Waals surface area contributed by atoms with Gasteiger partial charge in [-0.3, -0.25) is 14.6 Å². The van der Waals surface area contributed by atoms with Crippen LogP contribution in [-0.2, 0) is 10.3 Å². The number of carbonyl (C=O) groups excluding carboxylic acids is 2. The second-order valence-electron chi connectivity index (χ2n) is 9.45. The van der Waals surface area contributed by atoms with E-state index in [2.05, 4.69) is 20.6 Å². The van der Waals surface area contributed by atoms with Crippen LogP contribution in [0.5, 0.6) is 0 Å². The van der Waals surface area contributed by atoms with Crippen LogP contribution in [0.4, 0.5) is 10.1 Å². The Hall–Kier alpha value is -2.65. The first-order chi connectivity index (χ1) is 15.2. The fourth-order valence-corrected chi connectivity index (χ4v) is 5.02. The van der Waals surface area contributed by atoms with Crippen molar-refractivity contribution in [3.63, 3.8) is 0 Å². The largest absolute Gasteiger partial charge is 0.378 e. The zero-order valence-electron chi connectivity index (χ0n) is 19.1. The molecule has 176 valence electrons. The van der Waals surface area contributed by atoms with Gasteiger partial charge < -0.3 is 16.4 Å². The van der Waals surface area contributed by atoms with Gasteiger partial charge in [0.25, 0.3) is 5.91 Å². The second-order valence-corrected chi connectivity index (χ2v) is 11.4. The number of thioether (sulfide) groups is 1. The first-order valence-corrected chi connectivity index (χ1v) is 11.5. The first-order valence-electron chi connectivity index (χ1n) is 10.3. The molecular weight excluding hydrogens is 465 g/mol. The van der Waals surface area contributed by atoms with E-state index >= 15 is 0 Å². The predicted octanol–water partition coefficient (Wildman–Crippen LogP) is 4.47. The summed E-state index contributed by atoms with van der Waals surface area (Å²) in [5.41, 5.74) is 5.30. The van der Waals surface area contributed by atoms with Gasteiger partial charge in [-0.2, -0.15) is 0 Å². The normalized spacial score (nSPS) is 22.9. The quantitative estimate of drug-likeness (QED) is 0.584. The van der Waals surface area contributed by atoms with E-state index in [-0.39, 0.29) is 28.8 Å². The van der Waals surface area contributed by atoms with Crippen molar-refractivity contribution in [3.05, 3.63) is 58.6 Å². The minimum Gasteiger partial charge on any atom is -0.378 e. The number of amidine groups is 1. The molecule has 2 atom stereocenters. The lowest BCUT2D eigenvalue weighted by Crippen LogP contribution is -2.54. The lowest BCUT2D eigenvalue weighted by Gasteiger charge is -2.41. The van der Waals surface area contributed by atoms with Crippen LogP contribution < -0.4 is 16.4 Å². The molecular formula is C23H27ClFN5O2S. The molecule has 1 aliphatic heterocycles. The van der Waals surface area contributed by atoms with Crippen LogP contribution in [0, 0.1) is 5.82 Å². The third-order valence-corrected chi connectivity index (χ3v) is 6.41. The van der Waals surface area contributed by atoms with Gasteiger partial charge in [0, 0.05) is 29.4 Å². The van der Waals surface area contributed by atoms with E-state index in [1.54, 1.807) is 19.9 Å². The van der Waals surface area contributed by atoms with Crippen LogP contribution in [-0.4, -0.2) is 32.3 Å². The van der Waals surface area contributed by atoms with Crippen molar-refractivity contribution >= 4 is 46.0 Å². The summed E-state index contributed by atoms with van der Waals surface area (Å²) in [6, 6.07) is 7.27. The number of nitrogens with zero attached hydrogens (tertiary/aromatic N) is 2. The van der Waals surface area contributed by atoms with Gasteiger partial charge in [-0.15, -0.1) is 0 Å². The van der Waals surface area contributed by atoms with Crippen LogP contribution in [0.1, 0.15) is 57.1 Å². The third-order valence-electron chi connectivity index (χ3n) is 5.10. The highest BCUT2D eigenvalue weighted by atomic mass is 35.5. The number of aliphatic imine (C=N–C) groups is 1. The number of rotatable bonds is 4. The Morgan fingerprint density at radius 2 is 1.91 bits per heavy atom. The van der Waals surface area contributed by atoms with Crippen LogP contribution in [0.15, 0.2) is 41.5 Å². The highest BCUT2D eigenvalue weighted by molar-refractivity contribution is 8.15. The molecule has 3 rings (SSSR count). The zero-order chi connectivity index (χ0) is 24.6. The van der Waals surface area contributed by atoms with Crippen LogP contribution in [0.3, 0.4) is 0 Å². The molecule has 1 aromatic carbocycles. The van der Waals surface area contributed by atoms with Crippen molar-refractivity contribution in [1.29, 1.82) is 0 Å². The number of pyridine rings is 1. The van der Waals surface area contributed by atoms with Gasteiger partial charge in [-0.25, -0.2) is 9.37 Å². The van der Waals surface area contributed by atoms with Crippen molar-refractivity contribution in [2.24, 2.45) is 10.7 Å². The lowest BCUT2D eigenvalue weighted by molar-refractivity contribution is -0.125.